The molecule has 0 fully saturated rings. The lowest BCUT2D eigenvalue weighted by atomic mass is 10.4. The highest BCUT2D eigenvalue weighted by atomic mass is 32.2. The van der Waals surface area contributed by atoms with Gasteiger partial charge >= 0.3 is 5.97 Å². The molecule has 0 radical (unpaired) electrons. The van der Waals surface area contributed by atoms with Crippen molar-refractivity contribution < 1.29 is 23.1 Å². The summed E-state index contributed by atoms with van der Waals surface area (Å²) >= 11 is 0. The van der Waals surface area contributed by atoms with Gasteiger partial charge in [-0.15, -0.1) is 0 Å². The minimum Gasteiger partial charge on any atom is -0.480 e. The molecule has 0 saturated carbocycles. The number of carbonyl (C=O) groups excluding carboxylic acids is 1. The van der Waals surface area contributed by atoms with Gasteiger partial charge in [-0.05, 0) is 19.1 Å². The highest BCUT2D eigenvalue weighted by molar-refractivity contribution is 7.89. The Labute approximate surface area is 105 Å². The first-order valence-corrected chi connectivity index (χ1v) is 6.54. The van der Waals surface area contributed by atoms with Crippen molar-refractivity contribution in [3.8, 4) is 0 Å². The second-order valence-electron chi connectivity index (χ2n) is 3.68. The van der Waals surface area contributed by atoms with Crippen LogP contribution in [0.2, 0.25) is 0 Å². The van der Waals surface area contributed by atoms with E-state index in [0.717, 1.165) is 0 Å². The summed E-state index contributed by atoms with van der Waals surface area (Å²) in [5.41, 5.74) is 0. The molecule has 7 heteroatoms. The lowest BCUT2D eigenvalue weighted by molar-refractivity contribution is -0.137. The Hall–Kier alpha value is -1.73. The van der Waals surface area contributed by atoms with E-state index in [-0.39, 0.29) is 4.90 Å². The predicted octanol–water partition coefficient (Wildman–Crippen LogP) is 0.351. The average molecular weight is 271 g/mol. The molecule has 0 unspecified atom stereocenters. The van der Waals surface area contributed by atoms with E-state index >= 15 is 0 Å². The number of carbonyl (C=O) groups is 2. The first-order valence-electron chi connectivity index (χ1n) is 5.10. The molecule has 1 N–H and O–H groups in total. The van der Waals surface area contributed by atoms with Crippen molar-refractivity contribution in [2.45, 2.75) is 11.8 Å². The third kappa shape index (κ3) is 3.64. The number of sulfonamides is 1. The summed E-state index contributed by atoms with van der Waals surface area (Å²) in [5, 5.41) is 8.69. The maximum Gasteiger partial charge on any atom is 0.318 e. The zero-order valence-electron chi connectivity index (χ0n) is 9.74. The smallest absolute Gasteiger partial charge is 0.318 e. The second-order valence-corrected chi connectivity index (χ2v) is 5.62. The molecule has 1 aromatic carbocycles. The lowest BCUT2D eigenvalue weighted by Crippen LogP contribution is -2.38. The van der Waals surface area contributed by atoms with Crippen molar-refractivity contribution in [3.05, 3.63) is 30.3 Å². The van der Waals surface area contributed by atoms with Crippen LogP contribution in [0.25, 0.3) is 0 Å². The fourth-order valence-electron chi connectivity index (χ4n) is 1.37. The summed E-state index contributed by atoms with van der Waals surface area (Å²) in [6, 6.07) is 7.40. The molecule has 0 bridgehead atoms. The van der Waals surface area contributed by atoms with Gasteiger partial charge in [-0.3, -0.25) is 9.59 Å². The molecule has 0 aromatic heterocycles. The van der Waals surface area contributed by atoms with Crippen LogP contribution in [0.15, 0.2) is 35.2 Å². The molecule has 0 aliphatic rings. The summed E-state index contributed by atoms with van der Waals surface area (Å²) in [7, 11) is -3.96. The Morgan fingerprint density at radius 2 is 1.72 bits per heavy atom. The van der Waals surface area contributed by atoms with Crippen LogP contribution in [0, 0.1) is 0 Å². The van der Waals surface area contributed by atoms with E-state index in [9.17, 15) is 18.0 Å². The molecule has 1 aromatic rings. The van der Waals surface area contributed by atoms with E-state index in [0.29, 0.717) is 4.31 Å². The van der Waals surface area contributed by atoms with Crippen LogP contribution in [0.5, 0.6) is 0 Å². The number of rotatable bonds is 6. The zero-order chi connectivity index (χ0) is 13.8. The van der Waals surface area contributed by atoms with Crippen LogP contribution in [0.1, 0.15) is 6.92 Å². The standard InChI is InChI=1S/C11H13NO5S/c1-9(13)7-12(8-11(14)15)18(16,17)10-5-3-2-4-6-10/h2-6H,7-8H2,1H3,(H,14,15). The predicted molar refractivity (Wildman–Crippen MR) is 63.5 cm³/mol. The van der Waals surface area contributed by atoms with Crippen LogP contribution in [-0.2, 0) is 19.6 Å². The van der Waals surface area contributed by atoms with Gasteiger partial charge in [0.25, 0.3) is 0 Å². The quantitative estimate of drug-likeness (QED) is 0.806. The van der Waals surface area contributed by atoms with E-state index in [1.165, 1.54) is 31.2 Å². The number of ketones is 1. The number of hydrogen-bond donors (Lipinski definition) is 1. The molecule has 0 amide bonds. The number of benzene rings is 1. The van der Waals surface area contributed by atoms with Crippen molar-refractivity contribution in [1.29, 1.82) is 0 Å². The summed E-state index contributed by atoms with van der Waals surface area (Å²) in [4.78, 5) is 21.6. The van der Waals surface area contributed by atoms with Crippen molar-refractivity contribution in [1.82, 2.24) is 4.31 Å². The summed E-state index contributed by atoms with van der Waals surface area (Å²) in [6.07, 6.45) is 0. The van der Waals surface area contributed by atoms with E-state index in [1.54, 1.807) is 6.07 Å². The van der Waals surface area contributed by atoms with E-state index in [1.807, 2.05) is 0 Å². The Balaban J connectivity index is 3.11. The molecule has 0 spiro atoms. The van der Waals surface area contributed by atoms with Crippen molar-refractivity contribution in [2.75, 3.05) is 13.1 Å². The fraction of sp³-hybridized carbons (Fsp3) is 0.273. The molecule has 1 rings (SSSR count). The summed E-state index contributed by atoms with van der Waals surface area (Å²) < 4.78 is 24.9. The van der Waals surface area contributed by atoms with Crippen LogP contribution < -0.4 is 0 Å². The Kier molecular flexibility index (Phi) is 4.57. The van der Waals surface area contributed by atoms with E-state index in [4.69, 9.17) is 5.11 Å². The van der Waals surface area contributed by atoms with E-state index < -0.39 is 34.9 Å². The normalized spacial score (nSPS) is 11.4. The third-order valence-corrected chi connectivity index (χ3v) is 3.90. The molecule has 6 nitrogen and oxygen atoms in total. The number of Topliss-reactive ketones (excluding diaryl/α,β-unsaturated/α-hetero) is 1. The van der Waals surface area contributed by atoms with Crippen molar-refractivity contribution >= 4 is 21.8 Å². The maximum atomic E-state index is 12.1. The largest absolute Gasteiger partial charge is 0.480 e. The number of aliphatic carboxylic acids is 1. The zero-order valence-corrected chi connectivity index (χ0v) is 10.6. The van der Waals surface area contributed by atoms with Gasteiger partial charge in [0.2, 0.25) is 10.0 Å². The molecule has 0 saturated heterocycles. The Morgan fingerprint density at radius 1 is 1.17 bits per heavy atom. The molecule has 0 aliphatic heterocycles. The number of carboxylic acids is 1. The van der Waals surface area contributed by atoms with Gasteiger partial charge in [0.15, 0.2) is 0 Å². The lowest BCUT2D eigenvalue weighted by Gasteiger charge is -2.18. The van der Waals surface area contributed by atoms with Crippen LogP contribution in [0.3, 0.4) is 0 Å². The minimum absolute atomic E-state index is 0.0347. The fourth-order valence-corrected chi connectivity index (χ4v) is 2.80. The Morgan fingerprint density at radius 3 is 2.17 bits per heavy atom. The second kappa shape index (κ2) is 5.74. The van der Waals surface area contributed by atoms with Crippen LogP contribution >= 0.6 is 0 Å². The van der Waals surface area contributed by atoms with E-state index in [2.05, 4.69) is 0 Å². The van der Waals surface area contributed by atoms with Crippen molar-refractivity contribution in [3.63, 3.8) is 0 Å². The van der Waals surface area contributed by atoms with Gasteiger partial charge in [0, 0.05) is 0 Å². The average Bonchev–Trinajstić information content (AvgIpc) is 2.28. The number of hydrogen-bond acceptors (Lipinski definition) is 4. The molecule has 0 heterocycles. The highest BCUT2D eigenvalue weighted by Crippen LogP contribution is 2.14. The van der Waals surface area contributed by atoms with Crippen molar-refractivity contribution in [2.24, 2.45) is 0 Å². The van der Waals surface area contributed by atoms with Gasteiger partial charge in [0.05, 0.1) is 11.4 Å². The van der Waals surface area contributed by atoms with Gasteiger partial charge in [-0.2, -0.15) is 4.31 Å². The monoisotopic (exact) mass is 271 g/mol. The molecule has 18 heavy (non-hydrogen) atoms. The summed E-state index contributed by atoms with van der Waals surface area (Å²) in [5.74, 6) is -1.73. The van der Waals surface area contributed by atoms with Crippen LogP contribution in [0.4, 0.5) is 0 Å². The minimum atomic E-state index is -3.96. The first-order chi connectivity index (χ1) is 8.34. The number of carboxylic acid groups (broad SMARTS) is 1. The highest BCUT2D eigenvalue weighted by Gasteiger charge is 2.27. The molecular weight excluding hydrogens is 258 g/mol. The topological polar surface area (TPSA) is 91.8 Å². The third-order valence-electron chi connectivity index (χ3n) is 2.09. The number of nitrogens with zero attached hydrogens (tertiary/aromatic N) is 1. The molecule has 98 valence electrons. The first kappa shape index (κ1) is 14.3. The van der Waals surface area contributed by atoms with Gasteiger partial charge in [-0.1, -0.05) is 18.2 Å². The summed E-state index contributed by atoms with van der Waals surface area (Å²) in [6.45, 7) is 0.00962. The van der Waals surface area contributed by atoms with Gasteiger partial charge in [-0.25, -0.2) is 8.42 Å². The molecule has 0 aliphatic carbocycles. The molecule has 0 atom stereocenters. The molecular formula is C11H13NO5S. The van der Waals surface area contributed by atoms with Gasteiger partial charge < -0.3 is 5.11 Å². The van der Waals surface area contributed by atoms with Crippen LogP contribution in [-0.4, -0.2) is 42.7 Å². The SMILES string of the molecule is CC(=O)CN(CC(=O)O)S(=O)(=O)c1ccccc1. The van der Waals surface area contributed by atoms with Gasteiger partial charge in [0.1, 0.15) is 12.3 Å². The maximum absolute atomic E-state index is 12.1. The Bertz CT molecular complexity index is 522.